The van der Waals surface area contributed by atoms with Gasteiger partial charge in [-0.1, -0.05) is 30.2 Å². The van der Waals surface area contributed by atoms with Crippen LogP contribution in [-0.2, 0) is 0 Å². The van der Waals surface area contributed by atoms with Crippen molar-refractivity contribution in [2.45, 2.75) is 26.2 Å². The lowest BCUT2D eigenvalue weighted by molar-refractivity contribution is 0.183. The largest absolute Gasteiger partial charge is 0.492 e. The number of rotatable bonds is 7. The molecule has 0 bridgehead atoms. The molecule has 1 aliphatic heterocycles. The average molecular weight is 389 g/mol. The molecule has 1 fully saturated rings. The van der Waals surface area contributed by atoms with Gasteiger partial charge in [0.1, 0.15) is 18.2 Å². The highest BCUT2D eigenvalue weighted by atomic mass is 16.5. The second-order valence-corrected chi connectivity index (χ2v) is 7.54. The zero-order valence-corrected chi connectivity index (χ0v) is 17.0. The summed E-state index contributed by atoms with van der Waals surface area (Å²) in [7, 11) is 0. The smallest absolute Gasteiger partial charge is 0.161 e. The van der Waals surface area contributed by atoms with Crippen LogP contribution < -0.4 is 10.1 Å². The number of aryl methyl sites for hydroxylation is 1. The van der Waals surface area contributed by atoms with E-state index in [1.807, 2.05) is 42.5 Å². The first kappa shape index (κ1) is 19.4. The van der Waals surface area contributed by atoms with Crippen molar-refractivity contribution in [2.75, 3.05) is 31.6 Å². The number of likely N-dealkylation sites (tertiary alicyclic amines) is 1. The molecule has 0 unspecified atom stereocenters. The Labute approximate surface area is 172 Å². The van der Waals surface area contributed by atoms with Crippen LogP contribution in [0.3, 0.4) is 0 Å². The summed E-state index contributed by atoms with van der Waals surface area (Å²) in [6.07, 6.45) is 5.78. The highest BCUT2D eigenvalue weighted by molar-refractivity contribution is 5.61. The first-order valence-electron chi connectivity index (χ1n) is 10.4. The van der Waals surface area contributed by atoms with Gasteiger partial charge < -0.3 is 10.1 Å². The zero-order chi connectivity index (χ0) is 19.9. The van der Waals surface area contributed by atoms with Gasteiger partial charge in [0, 0.05) is 24.0 Å². The van der Waals surface area contributed by atoms with Crippen LogP contribution in [0.5, 0.6) is 5.75 Å². The van der Waals surface area contributed by atoms with Gasteiger partial charge in [0.25, 0.3) is 0 Å². The minimum Gasteiger partial charge on any atom is -0.492 e. The summed E-state index contributed by atoms with van der Waals surface area (Å²) in [6, 6.07) is 18.1. The number of anilines is 2. The van der Waals surface area contributed by atoms with Gasteiger partial charge in [0.15, 0.2) is 5.82 Å². The van der Waals surface area contributed by atoms with Gasteiger partial charge in [-0.3, -0.25) is 4.90 Å². The van der Waals surface area contributed by atoms with Crippen molar-refractivity contribution in [2.24, 2.45) is 0 Å². The number of hydrogen-bond donors (Lipinski definition) is 1. The predicted octanol–water partition coefficient (Wildman–Crippen LogP) is 5.06. The van der Waals surface area contributed by atoms with Crippen molar-refractivity contribution < 1.29 is 4.74 Å². The van der Waals surface area contributed by atoms with Crippen molar-refractivity contribution in [1.82, 2.24) is 14.9 Å². The topological polar surface area (TPSA) is 50.3 Å². The lowest BCUT2D eigenvalue weighted by atomic mass is 10.1. The van der Waals surface area contributed by atoms with Crippen LogP contribution in [-0.4, -0.2) is 41.1 Å². The number of hydrogen-bond acceptors (Lipinski definition) is 5. The lowest BCUT2D eigenvalue weighted by Crippen LogP contribution is -2.33. The fourth-order valence-electron chi connectivity index (χ4n) is 3.61. The second kappa shape index (κ2) is 9.52. The number of piperidine rings is 1. The Bertz CT molecular complexity index is 920. The summed E-state index contributed by atoms with van der Waals surface area (Å²) < 4.78 is 5.91. The van der Waals surface area contributed by atoms with Crippen LogP contribution >= 0.6 is 0 Å². The Morgan fingerprint density at radius 2 is 1.83 bits per heavy atom. The molecule has 0 atom stereocenters. The molecule has 1 N–H and O–H groups in total. The maximum atomic E-state index is 5.91. The molecule has 1 aromatic heterocycles. The molecule has 5 nitrogen and oxygen atoms in total. The van der Waals surface area contributed by atoms with Gasteiger partial charge in [-0.05, 0) is 69.3 Å². The number of aromatic nitrogens is 2. The molecule has 0 radical (unpaired) electrons. The molecule has 0 aliphatic carbocycles. The molecular formula is C24H28N4O. The lowest BCUT2D eigenvalue weighted by Gasteiger charge is -2.26. The van der Waals surface area contributed by atoms with Gasteiger partial charge in [0.2, 0.25) is 0 Å². The van der Waals surface area contributed by atoms with Gasteiger partial charge >= 0.3 is 0 Å². The maximum Gasteiger partial charge on any atom is 0.161 e. The Morgan fingerprint density at radius 1 is 1.00 bits per heavy atom. The summed E-state index contributed by atoms with van der Waals surface area (Å²) in [5.74, 6) is 2.39. The summed E-state index contributed by atoms with van der Waals surface area (Å²) in [4.78, 5) is 11.5. The first-order chi connectivity index (χ1) is 14.3. The highest BCUT2D eigenvalue weighted by Crippen LogP contribution is 2.22. The van der Waals surface area contributed by atoms with Crippen molar-refractivity contribution >= 4 is 11.5 Å². The van der Waals surface area contributed by atoms with Crippen molar-refractivity contribution in [3.63, 3.8) is 0 Å². The molecule has 4 rings (SSSR count). The molecule has 1 aliphatic rings. The van der Waals surface area contributed by atoms with E-state index < -0.39 is 0 Å². The molecule has 150 valence electrons. The first-order valence-corrected chi connectivity index (χ1v) is 10.4. The molecule has 1 saturated heterocycles. The minimum absolute atomic E-state index is 0.719. The molecule has 29 heavy (non-hydrogen) atoms. The van der Waals surface area contributed by atoms with Crippen molar-refractivity contribution in [3.8, 4) is 17.1 Å². The number of nitrogens with one attached hydrogen (secondary N) is 1. The third kappa shape index (κ3) is 5.55. The fourth-order valence-corrected chi connectivity index (χ4v) is 3.61. The van der Waals surface area contributed by atoms with E-state index in [2.05, 4.69) is 39.2 Å². The van der Waals surface area contributed by atoms with Crippen LogP contribution in [0.2, 0.25) is 0 Å². The van der Waals surface area contributed by atoms with Crippen LogP contribution in [0.1, 0.15) is 24.8 Å². The predicted molar refractivity (Wildman–Crippen MR) is 118 cm³/mol. The average Bonchev–Trinajstić information content (AvgIpc) is 2.76. The molecular weight excluding hydrogens is 360 g/mol. The maximum absolute atomic E-state index is 5.91. The second-order valence-electron chi connectivity index (χ2n) is 7.54. The summed E-state index contributed by atoms with van der Waals surface area (Å²) in [5.41, 5.74) is 3.19. The minimum atomic E-state index is 0.719. The standard InChI is InChI=1S/C24H28N4O/c1-19-6-5-7-20(18-19)24-25-13-12-23(27-24)26-21-8-10-22(11-9-21)29-17-16-28-14-3-2-4-15-28/h5-13,18H,2-4,14-17H2,1H3,(H,25,26,27). The van der Waals surface area contributed by atoms with E-state index in [0.717, 1.165) is 41.8 Å². The van der Waals surface area contributed by atoms with Gasteiger partial charge in [-0.2, -0.15) is 0 Å². The van der Waals surface area contributed by atoms with E-state index in [1.165, 1.54) is 37.9 Å². The third-order valence-electron chi connectivity index (χ3n) is 5.18. The van der Waals surface area contributed by atoms with Crippen LogP contribution in [0.25, 0.3) is 11.4 Å². The summed E-state index contributed by atoms with van der Waals surface area (Å²) in [6.45, 7) is 6.22. The summed E-state index contributed by atoms with van der Waals surface area (Å²) >= 11 is 0. The number of nitrogens with zero attached hydrogens (tertiary/aromatic N) is 3. The molecule has 0 saturated carbocycles. The Morgan fingerprint density at radius 3 is 2.62 bits per heavy atom. The summed E-state index contributed by atoms with van der Waals surface area (Å²) in [5, 5.41) is 3.35. The van der Waals surface area contributed by atoms with E-state index in [1.54, 1.807) is 6.20 Å². The van der Waals surface area contributed by atoms with Gasteiger partial charge in [-0.25, -0.2) is 9.97 Å². The normalized spacial score (nSPS) is 14.5. The Hall–Kier alpha value is -2.92. The van der Waals surface area contributed by atoms with Crippen molar-refractivity contribution in [3.05, 3.63) is 66.4 Å². The number of benzene rings is 2. The monoisotopic (exact) mass is 388 g/mol. The molecule has 5 heteroatoms. The molecule has 0 spiro atoms. The van der Waals surface area contributed by atoms with E-state index in [-0.39, 0.29) is 0 Å². The molecule has 2 heterocycles. The molecule has 3 aromatic rings. The van der Waals surface area contributed by atoms with E-state index in [9.17, 15) is 0 Å². The van der Waals surface area contributed by atoms with Gasteiger partial charge in [0.05, 0.1) is 0 Å². The van der Waals surface area contributed by atoms with E-state index in [0.29, 0.717) is 0 Å². The Balaban J connectivity index is 1.33. The van der Waals surface area contributed by atoms with Crippen LogP contribution in [0.15, 0.2) is 60.8 Å². The SMILES string of the molecule is Cc1cccc(-c2nccc(Nc3ccc(OCCN4CCCCC4)cc3)n2)c1. The quantitative estimate of drug-likeness (QED) is 0.613. The van der Waals surface area contributed by atoms with E-state index in [4.69, 9.17) is 4.74 Å². The van der Waals surface area contributed by atoms with Gasteiger partial charge in [-0.15, -0.1) is 0 Å². The fraction of sp³-hybridized carbons (Fsp3) is 0.333. The van der Waals surface area contributed by atoms with Crippen molar-refractivity contribution in [1.29, 1.82) is 0 Å². The van der Waals surface area contributed by atoms with E-state index >= 15 is 0 Å². The van der Waals surface area contributed by atoms with Crippen LogP contribution in [0.4, 0.5) is 11.5 Å². The third-order valence-corrected chi connectivity index (χ3v) is 5.18. The zero-order valence-electron chi connectivity index (χ0n) is 17.0. The number of ether oxygens (including phenoxy) is 1. The Kier molecular flexibility index (Phi) is 6.37. The molecule has 0 amide bonds. The molecule has 2 aromatic carbocycles. The van der Waals surface area contributed by atoms with Crippen LogP contribution in [0, 0.1) is 6.92 Å². The highest BCUT2D eigenvalue weighted by Gasteiger charge is 2.09.